The molecule has 1 heterocycles. The van der Waals surface area contributed by atoms with E-state index in [-0.39, 0.29) is 11.7 Å². The monoisotopic (exact) mass is 260 g/mol. The van der Waals surface area contributed by atoms with Crippen LogP contribution in [0.2, 0.25) is 0 Å². The van der Waals surface area contributed by atoms with Crippen LogP contribution in [-0.2, 0) is 0 Å². The molecule has 1 aromatic carbocycles. The number of non-ortho nitro benzene ring substituents is 1. The van der Waals surface area contributed by atoms with Crippen LogP contribution in [0.25, 0.3) is 0 Å². The van der Waals surface area contributed by atoms with Gasteiger partial charge in [-0.15, -0.1) is 0 Å². The van der Waals surface area contributed by atoms with Crippen LogP contribution in [0, 0.1) is 17.0 Å². The molecule has 0 aliphatic carbocycles. The molecule has 0 bridgehead atoms. The number of nitrogens with zero attached hydrogens (tertiary/aromatic N) is 3. The molecule has 0 aliphatic rings. The van der Waals surface area contributed by atoms with Gasteiger partial charge in [0.15, 0.2) is 0 Å². The summed E-state index contributed by atoms with van der Waals surface area (Å²) in [4.78, 5) is 10.4. The summed E-state index contributed by atoms with van der Waals surface area (Å²) >= 11 is 0. The largest absolute Gasteiger partial charge is 0.384 e. The molecule has 100 valence electrons. The normalized spacial score (nSPS) is 12.3. The van der Waals surface area contributed by atoms with Crippen LogP contribution in [0.1, 0.15) is 30.6 Å². The first-order chi connectivity index (χ1) is 9.02. The molecular weight excluding hydrogens is 244 g/mol. The summed E-state index contributed by atoms with van der Waals surface area (Å²) in [6.45, 7) is 3.87. The van der Waals surface area contributed by atoms with Crippen LogP contribution in [0.3, 0.4) is 0 Å². The first-order valence-electron chi connectivity index (χ1n) is 6.09. The third-order valence-electron chi connectivity index (χ3n) is 3.03. The molecule has 1 atom stereocenters. The Hall–Kier alpha value is -2.37. The number of hydrogen-bond donors (Lipinski definition) is 1. The fraction of sp³-hybridized carbons (Fsp3) is 0.308. The molecule has 0 radical (unpaired) electrons. The van der Waals surface area contributed by atoms with Gasteiger partial charge in [0.2, 0.25) is 0 Å². The van der Waals surface area contributed by atoms with E-state index in [1.54, 1.807) is 22.9 Å². The second-order valence-corrected chi connectivity index (χ2v) is 4.43. The fourth-order valence-corrected chi connectivity index (χ4v) is 2.18. The molecule has 0 amide bonds. The minimum absolute atomic E-state index is 0.0819. The minimum Gasteiger partial charge on any atom is -0.384 e. The highest BCUT2D eigenvalue weighted by atomic mass is 16.6. The van der Waals surface area contributed by atoms with Crippen molar-refractivity contribution in [3.8, 4) is 0 Å². The molecule has 6 heteroatoms. The summed E-state index contributed by atoms with van der Waals surface area (Å²) in [5.74, 6) is 0.566. The quantitative estimate of drug-likeness (QED) is 0.676. The van der Waals surface area contributed by atoms with Crippen molar-refractivity contribution >= 4 is 11.5 Å². The van der Waals surface area contributed by atoms with E-state index in [1.165, 1.54) is 6.07 Å². The number of nitrogens with two attached hydrogens (primary N) is 1. The van der Waals surface area contributed by atoms with Crippen molar-refractivity contribution in [2.75, 3.05) is 5.73 Å². The van der Waals surface area contributed by atoms with Crippen LogP contribution in [-0.4, -0.2) is 14.7 Å². The Morgan fingerprint density at radius 1 is 1.47 bits per heavy atom. The summed E-state index contributed by atoms with van der Waals surface area (Å²) in [5.41, 5.74) is 7.68. The second kappa shape index (κ2) is 5.09. The number of rotatable bonds is 4. The molecule has 0 spiro atoms. The maximum atomic E-state index is 10.8. The van der Waals surface area contributed by atoms with Crippen molar-refractivity contribution < 1.29 is 4.92 Å². The Bertz CT molecular complexity index is 606. The standard InChI is InChI=1S/C13H16N4O2/c1-3-12(16-13(14)7-9(2)15-16)10-5-4-6-11(8-10)17(18)19/h4-8,12H,3,14H2,1-2H3. The van der Waals surface area contributed by atoms with Gasteiger partial charge in [0, 0.05) is 18.2 Å². The SMILES string of the molecule is CCC(c1cccc([N+](=O)[O-])c1)n1nc(C)cc1N. The van der Waals surface area contributed by atoms with E-state index in [1.807, 2.05) is 19.9 Å². The molecule has 0 saturated heterocycles. The van der Waals surface area contributed by atoms with Crippen LogP contribution in [0.4, 0.5) is 11.5 Å². The molecule has 0 aliphatic heterocycles. The number of aromatic nitrogens is 2. The average molecular weight is 260 g/mol. The van der Waals surface area contributed by atoms with Crippen LogP contribution in [0.5, 0.6) is 0 Å². The Morgan fingerprint density at radius 2 is 2.21 bits per heavy atom. The van der Waals surface area contributed by atoms with Gasteiger partial charge in [0.25, 0.3) is 5.69 Å². The Balaban J connectivity index is 2.45. The van der Waals surface area contributed by atoms with Gasteiger partial charge in [-0.2, -0.15) is 5.10 Å². The van der Waals surface area contributed by atoms with Gasteiger partial charge in [-0.1, -0.05) is 19.1 Å². The molecule has 2 rings (SSSR count). The highest BCUT2D eigenvalue weighted by Gasteiger charge is 2.17. The van der Waals surface area contributed by atoms with Crippen molar-refractivity contribution in [2.45, 2.75) is 26.3 Å². The van der Waals surface area contributed by atoms with Crippen molar-refractivity contribution in [1.82, 2.24) is 9.78 Å². The van der Waals surface area contributed by atoms with Crippen molar-refractivity contribution in [1.29, 1.82) is 0 Å². The Kier molecular flexibility index (Phi) is 3.50. The summed E-state index contributed by atoms with van der Waals surface area (Å²) in [6, 6.07) is 8.30. The van der Waals surface area contributed by atoms with Crippen LogP contribution < -0.4 is 5.73 Å². The fourth-order valence-electron chi connectivity index (χ4n) is 2.18. The molecule has 0 saturated carbocycles. The van der Waals surface area contributed by atoms with Gasteiger partial charge in [0.1, 0.15) is 5.82 Å². The zero-order valence-corrected chi connectivity index (χ0v) is 10.9. The number of nitro groups is 1. The van der Waals surface area contributed by atoms with E-state index in [0.717, 1.165) is 17.7 Å². The second-order valence-electron chi connectivity index (χ2n) is 4.43. The zero-order chi connectivity index (χ0) is 14.0. The highest BCUT2D eigenvalue weighted by molar-refractivity contribution is 5.38. The highest BCUT2D eigenvalue weighted by Crippen LogP contribution is 2.27. The van der Waals surface area contributed by atoms with E-state index in [0.29, 0.717) is 5.82 Å². The number of anilines is 1. The predicted molar refractivity (Wildman–Crippen MR) is 72.9 cm³/mol. The van der Waals surface area contributed by atoms with E-state index in [4.69, 9.17) is 5.73 Å². The van der Waals surface area contributed by atoms with Gasteiger partial charge >= 0.3 is 0 Å². The summed E-state index contributed by atoms with van der Waals surface area (Å²) in [5, 5.41) is 15.2. The van der Waals surface area contributed by atoms with Crippen LogP contribution in [0.15, 0.2) is 30.3 Å². The van der Waals surface area contributed by atoms with Gasteiger partial charge in [-0.25, -0.2) is 4.68 Å². The number of nitrogen functional groups attached to an aromatic ring is 1. The molecule has 2 N–H and O–H groups in total. The molecule has 1 aromatic heterocycles. The van der Waals surface area contributed by atoms with E-state index in [9.17, 15) is 10.1 Å². The van der Waals surface area contributed by atoms with E-state index < -0.39 is 4.92 Å². The number of benzene rings is 1. The molecule has 6 nitrogen and oxygen atoms in total. The van der Waals surface area contributed by atoms with Gasteiger partial charge in [-0.05, 0) is 18.9 Å². The maximum Gasteiger partial charge on any atom is 0.269 e. The zero-order valence-electron chi connectivity index (χ0n) is 10.9. The number of hydrogen-bond acceptors (Lipinski definition) is 4. The lowest BCUT2D eigenvalue weighted by atomic mass is 10.0. The number of nitro benzene ring substituents is 1. The van der Waals surface area contributed by atoms with Gasteiger partial charge in [0.05, 0.1) is 16.7 Å². The molecular formula is C13H16N4O2. The smallest absolute Gasteiger partial charge is 0.269 e. The molecule has 0 fully saturated rings. The van der Waals surface area contributed by atoms with E-state index >= 15 is 0 Å². The number of aryl methyl sites for hydroxylation is 1. The Labute approximate surface area is 111 Å². The van der Waals surface area contributed by atoms with Gasteiger partial charge in [-0.3, -0.25) is 10.1 Å². The lowest BCUT2D eigenvalue weighted by molar-refractivity contribution is -0.384. The van der Waals surface area contributed by atoms with Crippen molar-refractivity contribution in [2.24, 2.45) is 0 Å². The van der Waals surface area contributed by atoms with Crippen LogP contribution >= 0.6 is 0 Å². The summed E-state index contributed by atoms with van der Waals surface area (Å²) < 4.78 is 1.72. The molecule has 19 heavy (non-hydrogen) atoms. The molecule has 1 unspecified atom stereocenters. The maximum absolute atomic E-state index is 10.8. The molecule has 2 aromatic rings. The predicted octanol–water partition coefficient (Wildman–Crippen LogP) is 2.68. The Morgan fingerprint density at radius 3 is 2.74 bits per heavy atom. The average Bonchev–Trinajstić information content (AvgIpc) is 2.70. The van der Waals surface area contributed by atoms with Crippen molar-refractivity contribution in [3.05, 3.63) is 51.7 Å². The topological polar surface area (TPSA) is 87.0 Å². The summed E-state index contributed by atoms with van der Waals surface area (Å²) in [7, 11) is 0. The van der Waals surface area contributed by atoms with Crippen molar-refractivity contribution in [3.63, 3.8) is 0 Å². The first kappa shape index (κ1) is 13.1. The third-order valence-corrected chi connectivity index (χ3v) is 3.03. The van der Waals surface area contributed by atoms with E-state index in [2.05, 4.69) is 5.10 Å². The lowest BCUT2D eigenvalue weighted by Crippen LogP contribution is -2.14. The summed E-state index contributed by atoms with van der Waals surface area (Å²) in [6.07, 6.45) is 0.756. The third kappa shape index (κ3) is 2.57. The van der Waals surface area contributed by atoms with Gasteiger partial charge < -0.3 is 5.73 Å². The lowest BCUT2D eigenvalue weighted by Gasteiger charge is -2.17. The minimum atomic E-state index is -0.395. The first-order valence-corrected chi connectivity index (χ1v) is 6.09.